The first-order valence-corrected chi connectivity index (χ1v) is 13.3. The molecule has 10 heteroatoms. The van der Waals surface area contributed by atoms with E-state index in [-0.39, 0.29) is 9.92 Å². The fourth-order valence-corrected chi connectivity index (χ4v) is 6.50. The van der Waals surface area contributed by atoms with E-state index in [4.69, 9.17) is 23.2 Å². The van der Waals surface area contributed by atoms with Crippen molar-refractivity contribution in [3.05, 3.63) is 44.8 Å². The third kappa shape index (κ3) is 6.93. The van der Waals surface area contributed by atoms with E-state index in [9.17, 15) is 13.5 Å². The van der Waals surface area contributed by atoms with Crippen molar-refractivity contribution in [3.63, 3.8) is 0 Å². The van der Waals surface area contributed by atoms with Gasteiger partial charge in [0.15, 0.2) is 5.75 Å². The number of anilines is 1. The smallest absolute Gasteiger partial charge is 0.265 e. The molecule has 2 aromatic carbocycles. The van der Waals surface area contributed by atoms with Crippen LogP contribution in [0, 0.1) is 0 Å². The summed E-state index contributed by atoms with van der Waals surface area (Å²) in [5, 5.41) is 10.4. The summed E-state index contributed by atoms with van der Waals surface area (Å²) in [6.45, 7) is 9.57. The number of nitrogens with one attached hydrogen (secondary N) is 1. The van der Waals surface area contributed by atoms with Gasteiger partial charge in [-0.15, -0.1) is 11.8 Å². The summed E-state index contributed by atoms with van der Waals surface area (Å²) in [4.78, 5) is 2.92. The summed E-state index contributed by atoms with van der Waals surface area (Å²) < 4.78 is 28.5. The molecule has 0 radical (unpaired) electrons. The predicted octanol–water partition coefficient (Wildman–Crippen LogP) is 6.47. The second-order valence-electron chi connectivity index (χ2n) is 7.29. The topological polar surface area (TPSA) is 69.6 Å². The van der Waals surface area contributed by atoms with Crippen molar-refractivity contribution < 1.29 is 13.5 Å². The van der Waals surface area contributed by atoms with Gasteiger partial charge in [-0.2, -0.15) is 0 Å². The number of rotatable bonds is 9. The lowest BCUT2D eigenvalue weighted by atomic mass is 10.2. The van der Waals surface area contributed by atoms with Gasteiger partial charge in [0, 0.05) is 38.8 Å². The number of thioether (sulfide) groups is 1. The summed E-state index contributed by atoms with van der Waals surface area (Å²) in [5.74, 6) is 0.330. The van der Waals surface area contributed by atoms with Gasteiger partial charge in [0.2, 0.25) is 0 Å². The van der Waals surface area contributed by atoms with Crippen LogP contribution in [0.4, 0.5) is 5.69 Å². The SMILES string of the molecule is CC(C)N(CCSc1cc(Cl)cc(NS(=O)(=O)c2cc(Br)cc(Cl)c2O)c1)C(C)C. The highest BCUT2D eigenvalue weighted by atomic mass is 79.9. The third-order valence-electron chi connectivity index (χ3n) is 4.35. The van der Waals surface area contributed by atoms with Crippen LogP contribution in [0.25, 0.3) is 0 Å². The molecule has 0 unspecified atom stereocenters. The highest BCUT2D eigenvalue weighted by Gasteiger charge is 2.22. The minimum absolute atomic E-state index is 0.0630. The molecular formula is C20H25BrCl2N2O3S2. The maximum Gasteiger partial charge on any atom is 0.265 e. The molecule has 166 valence electrons. The Morgan fingerprint density at radius 2 is 1.73 bits per heavy atom. The lowest BCUT2D eigenvalue weighted by Crippen LogP contribution is -2.38. The fraction of sp³-hybridized carbons (Fsp3) is 0.400. The Morgan fingerprint density at radius 1 is 1.10 bits per heavy atom. The first kappa shape index (κ1) is 25.6. The number of hydrogen-bond acceptors (Lipinski definition) is 5. The average Bonchev–Trinajstić information content (AvgIpc) is 2.60. The van der Waals surface area contributed by atoms with Crippen molar-refractivity contribution in [3.8, 4) is 5.75 Å². The molecule has 0 aliphatic carbocycles. The van der Waals surface area contributed by atoms with Gasteiger partial charge in [-0.25, -0.2) is 8.42 Å². The Labute approximate surface area is 201 Å². The lowest BCUT2D eigenvalue weighted by molar-refractivity contribution is 0.187. The lowest BCUT2D eigenvalue weighted by Gasteiger charge is -2.30. The van der Waals surface area contributed by atoms with Crippen LogP contribution < -0.4 is 4.72 Å². The molecule has 0 aromatic heterocycles. The van der Waals surface area contributed by atoms with Gasteiger partial charge in [0.25, 0.3) is 10.0 Å². The van der Waals surface area contributed by atoms with Gasteiger partial charge in [0.1, 0.15) is 4.90 Å². The van der Waals surface area contributed by atoms with Crippen molar-refractivity contribution >= 4 is 66.6 Å². The zero-order valence-corrected chi connectivity index (χ0v) is 21.8. The van der Waals surface area contributed by atoms with Crippen molar-refractivity contribution in [2.45, 2.75) is 49.6 Å². The summed E-state index contributed by atoms with van der Waals surface area (Å²) in [6.07, 6.45) is 0. The van der Waals surface area contributed by atoms with E-state index in [0.717, 1.165) is 17.2 Å². The van der Waals surface area contributed by atoms with Crippen molar-refractivity contribution in [1.29, 1.82) is 0 Å². The third-order valence-corrected chi connectivity index (χ3v) is 7.67. The number of phenolic OH excluding ortho intramolecular Hbond substituents is 1. The molecule has 0 amide bonds. The monoisotopic (exact) mass is 554 g/mol. The number of aromatic hydroxyl groups is 1. The van der Waals surface area contributed by atoms with E-state index in [0.29, 0.717) is 27.3 Å². The van der Waals surface area contributed by atoms with E-state index in [1.54, 1.807) is 23.9 Å². The molecule has 0 saturated carbocycles. The van der Waals surface area contributed by atoms with Crippen LogP contribution in [0.2, 0.25) is 10.0 Å². The maximum atomic E-state index is 12.8. The Kier molecular flexibility index (Phi) is 9.21. The van der Waals surface area contributed by atoms with Crippen LogP contribution in [0.3, 0.4) is 0 Å². The molecule has 0 spiro atoms. The van der Waals surface area contributed by atoms with E-state index < -0.39 is 15.8 Å². The molecule has 30 heavy (non-hydrogen) atoms. The Balaban J connectivity index is 2.19. The van der Waals surface area contributed by atoms with Gasteiger partial charge in [-0.3, -0.25) is 9.62 Å². The molecule has 2 rings (SSSR count). The molecule has 0 saturated heterocycles. The van der Waals surface area contributed by atoms with Crippen LogP contribution in [0.5, 0.6) is 5.75 Å². The quantitative estimate of drug-likeness (QED) is 0.347. The molecule has 0 heterocycles. The number of benzene rings is 2. The van der Waals surface area contributed by atoms with E-state index >= 15 is 0 Å². The molecule has 2 aromatic rings. The molecule has 0 aliphatic rings. The zero-order chi connectivity index (χ0) is 22.6. The van der Waals surface area contributed by atoms with E-state index in [1.165, 1.54) is 18.2 Å². The normalized spacial score (nSPS) is 12.2. The summed E-state index contributed by atoms with van der Waals surface area (Å²) >= 11 is 16.9. The van der Waals surface area contributed by atoms with Crippen molar-refractivity contribution in [2.24, 2.45) is 0 Å². The van der Waals surface area contributed by atoms with Crippen molar-refractivity contribution in [2.75, 3.05) is 17.0 Å². The van der Waals surface area contributed by atoms with E-state index in [1.807, 2.05) is 0 Å². The van der Waals surface area contributed by atoms with Gasteiger partial charge >= 0.3 is 0 Å². The molecule has 5 nitrogen and oxygen atoms in total. The van der Waals surface area contributed by atoms with Crippen LogP contribution in [0.15, 0.2) is 44.6 Å². The van der Waals surface area contributed by atoms with Gasteiger partial charge in [-0.1, -0.05) is 39.1 Å². The number of nitrogens with zero attached hydrogens (tertiary/aromatic N) is 1. The second-order valence-corrected chi connectivity index (χ2v) is 11.9. The highest BCUT2D eigenvalue weighted by molar-refractivity contribution is 9.10. The van der Waals surface area contributed by atoms with Gasteiger partial charge in [-0.05, 0) is 58.0 Å². The zero-order valence-electron chi connectivity index (χ0n) is 17.1. The van der Waals surface area contributed by atoms with E-state index in [2.05, 4.69) is 53.2 Å². The highest BCUT2D eigenvalue weighted by Crippen LogP contribution is 2.36. The van der Waals surface area contributed by atoms with Crippen LogP contribution >= 0.6 is 50.9 Å². The average molecular weight is 556 g/mol. The number of halogens is 3. The Morgan fingerprint density at radius 3 is 2.33 bits per heavy atom. The molecule has 0 aliphatic heterocycles. The minimum atomic E-state index is -4.07. The Bertz CT molecular complexity index is 994. The van der Waals surface area contributed by atoms with Crippen LogP contribution in [0.1, 0.15) is 27.7 Å². The molecule has 0 fully saturated rings. The first-order chi connectivity index (χ1) is 13.9. The summed E-state index contributed by atoms with van der Waals surface area (Å²) in [7, 11) is -4.07. The molecular weight excluding hydrogens is 531 g/mol. The fourth-order valence-electron chi connectivity index (χ4n) is 3.04. The second kappa shape index (κ2) is 10.8. The molecule has 0 atom stereocenters. The summed E-state index contributed by atoms with van der Waals surface area (Å²) in [5.41, 5.74) is 0.310. The number of sulfonamides is 1. The molecule has 0 bridgehead atoms. The van der Waals surface area contributed by atoms with Crippen LogP contribution in [-0.4, -0.2) is 42.8 Å². The Hall–Kier alpha value is -0.640. The maximum absolute atomic E-state index is 12.8. The first-order valence-electron chi connectivity index (χ1n) is 9.30. The number of hydrogen-bond donors (Lipinski definition) is 2. The van der Waals surface area contributed by atoms with Crippen molar-refractivity contribution in [1.82, 2.24) is 4.90 Å². The number of phenols is 1. The van der Waals surface area contributed by atoms with Crippen LogP contribution in [-0.2, 0) is 10.0 Å². The molecule has 2 N–H and O–H groups in total. The predicted molar refractivity (Wildman–Crippen MR) is 131 cm³/mol. The van der Waals surface area contributed by atoms with Gasteiger partial charge in [0.05, 0.1) is 10.7 Å². The summed E-state index contributed by atoms with van der Waals surface area (Å²) in [6, 6.07) is 8.63. The minimum Gasteiger partial charge on any atom is -0.505 e. The standard InChI is InChI=1S/C20H25BrCl2N2O3S2/c1-12(2)25(13(3)4)5-6-29-17-10-15(22)9-16(11-17)24-30(27,28)19-8-14(21)7-18(23)20(19)26/h7-13,24,26H,5-6H2,1-4H3. The van der Waals surface area contributed by atoms with Gasteiger partial charge < -0.3 is 5.11 Å². The largest absolute Gasteiger partial charge is 0.505 e.